The number of fused-ring (bicyclic) bond motifs is 3. The number of esters is 1. The molecule has 2 bridgehead atoms. The molecular weight excluding hydrogens is 312 g/mol. The molecule has 0 heterocycles. The lowest BCUT2D eigenvalue weighted by atomic mass is 9.36. The van der Waals surface area contributed by atoms with E-state index in [1.54, 1.807) is 6.92 Å². The van der Waals surface area contributed by atoms with Crippen LogP contribution >= 0.6 is 0 Å². The third-order valence-electron chi connectivity index (χ3n) is 9.38. The summed E-state index contributed by atoms with van der Waals surface area (Å²) in [5.74, 6) is 1.79. The highest BCUT2D eigenvalue weighted by atomic mass is 16.6. The van der Waals surface area contributed by atoms with E-state index in [1.165, 1.54) is 51.4 Å². The van der Waals surface area contributed by atoms with Gasteiger partial charge in [-0.05, 0) is 92.3 Å². The zero-order valence-electron chi connectivity index (χ0n) is 16.6. The summed E-state index contributed by atoms with van der Waals surface area (Å²) in [4.78, 5) is 11.7. The monoisotopic (exact) mass is 348 g/mol. The van der Waals surface area contributed by atoms with Gasteiger partial charge in [0.15, 0.2) is 0 Å². The normalized spacial score (nSPS) is 54.5. The van der Waals surface area contributed by atoms with E-state index in [9.17, 15) is 9.90 Å². The molecule has 7 atom stereocenters. The Balaban J connectivity index is 1.68. The highest BCUT2D eigenvalue weighted by molar-refractivity contribution is 5.66. The van der Waals surface area contributed by atoms with E-state index in [1.807, 2.05) is 0 Å². The maximum absolute atomic E-state index is 11.7. The lowest BCUT2D eigenvalue weighted by molar-refractivity contribution is -0.242. The molecule has 1 spiro atoms. The summed E-state index contributed by atoms with van der Waals surface area (Å²) in [6, 6.07) is 0. The molecule has 142 valence electrons. The van der Waals surface area contributed by atoms with Crippen LogP contribution in [0.25, 0.3) is 0 Å². The molecule has 5 aliphatic rings. The van der Waals surface area contributed by atoms with Gasteiger partial charge in [-0.3, -0.25) is 4.79 Å². The Morgan fingerprint density at radius 1 is 1.08 bits per heavy atom. The number of aliphatic hydroxyl groups excluding tert-OH is 1. The smallest absolute Gasteiger partial charge is 0.303 e. The van der Waals surface area contributed by atoms with E-state index >= 15 is 0 Å². The maximum atomic E-state index is 11.7. The van der Waals surface area contributed by atoms with Crippen LogP contribution in [0.2, 0.25) is 0 Å². The Bertz CT molecular complexity index is 574. The molecule has 3 nitrogen and oxygen atoms in total. The average Bonchev–Trinajstić information content (AvgIpc) is 2.53. The minimum absolute atomic E-state index is 0.102. The van der Waals surface area contributed by atoms with Crippen molar-refractivity contribution in [2.45, 2.75) is 91.1 Å². The third-order valence-corrected chi connectivity index (χ3v) is 9.38. The Hall–Kier alpha value is -0.570. The van der Waals surface area contributed by atoms with Crippen molar-refractivity contribution in [1.82, 2.24) is 0 Å². The van der Waals surface area contributed by atoms with Crippen LogP contribution in [-0.4, -0.2) is 23.3 Å². The maximum Gasteiger partial charge on any atom is 0.303 e. The molecule has 0 saturated heterocycles. The van der Waals surface area contributed by atoms with Crippen molar-refractivity contribution in [2.75, 3.05) is 6.61 Å². The molecule has 0 aliphatic heterocycles. The van der Waals surface area contributed by atoms with Crippen molar-refractivity contribution in [2.24, 2.45) is 34.0 Å². The van der Waals surface area contributed by atoms with Gasteiger partial charge in [-0.1, -0.05) is 20.3 Å². The van der Waals surface area contributed by atoms with Crippen molar-refractivity contribution in [3.8, 4) is 0 Å². The third kappa shape index (κ3) is 2.37. The summed E-state index contributed by atoms with van der Waals surface area (Å²) in [7, 11) is 0. The van der Waals surface area contributed by atoms with Crippen LogP contribution in [0.5, 0.6) is 0 Å². The van der Waals surface area contributed by atoms with Crippen molar-refractivity contribution >= 4 is 5.97 Å². The Morgan fingerprint density at radius 3 is 2.48 bits per heavy atom. The predicted octanol–water partition coefficient (Wildman–Crippen LogP) is 4.71. The van der Waals surface area contributed by atoms with Gasteiger partial charge in [0.2, 0.25) is 0 Å². The molecule has 5 rings (SSSR count). The van der Waals surface area contributed by atoms with Crippen LogP contribution in [0.15, 0.2) is 0 Å². The average molecular weight is 349 g/mol. The topological polar surface area (TPSA) is 46.5 Å². The van der Waals surface area contributed by atoms with E-state index < -0.39 is 0 Å². The predicted molar refractivity (Wildman–Crippen MR) is 97.9 cm³/mol. The second kappa shape index (κ2) is 5.47. The fraction of sp³-hybridized carbons (Fsp3) is 0.955. The van der Waals surface area contributed by atoms with Gasteiger partial charge in [0.1, 0.15) is 5.60 Å². The van der Waals surface area contributed by atoms with Crippen molar-refractivity contribution < 1.29 is 14.6 Å². The highest BCUT2D eigenvalue weighted by Gasteiger charge is 2.67. The summed E-state index contributed by atoms with van der Waals surface area (Å²) in [6.07, 6.45) is 11.1. The van der Waals surface area contributed by atoms with Crippen molar-refractivity contribution in [3.05, 3.63) is 0 Å². The molecular formula is C22H36O3. The Morgan fingerprint density at radius 2 is 1.80 bits per heavy atom. The lowest BCUT2D eigenvalue weighted by Crippen LogP contribution is -2.65. The minimum Gasteiger partial charge on any atom is -0.459 e. The number of ether oxygens (including phenoxy) is 1. The summed E-state index contributed by atoms with van der Waals surface area (Å²) < 4.78 is 5.91. The molecule has 25 heavy (non-hydrogen) atoms. The van der Waals surface area contributed by atoms with Gasteiger partial charge in [0, 0.05) is 13.5 Å². The van der Waals surface area contributed by atoms with Crippen LogP contribution in [0.3, 0.4) is 0 Å². The first-order chi connectivity index (χ1) is 11.7. The number of rotatable bonds is 2. The molecule has 0 amide bonds. The zero-order valence-corrected chi connectivity index (χ0v) is 16.6. The van der Waals surface area contributed by atoms with Crippen LogP contribution in [0.1, 0.15) is 85.5 Å². The Labute approximate surface area is 152 Å². The quantitative estimate of drug-likeness (QED) is 0.735. The van der Waals surface area contributed by atoms with Crippen molar-refractivity contribution in [3.63, 3.8) is 0 Å². The minimum atomic E-state index is -0.251. The SMILES string of the molecule is CC(=O)O[C@@]1(C)C[C@]23CC[C@H]1C[C@H]2[C@]1(C)CCC[C@](C)(CO)[C@H]1CC3. The second-order valence-electron chi connectivity index (χ2n) is 10.7. The second-order valence-corrected chi connectivity index (χ2v) is 10.7. The summed E-state index contributed by atoms with van der Waals surface area (Å²) in [6.45, 7) is 8.97. The van der Waals surface area contributed by atoms with E-state index in [4.69, 9.17) is 4.74 Å². The molecule has 3 heteroatoms. The van der Waals surface area contributed by atoms with Crippen LogP contribution in [0.4, 0.5) is 0 Å². The number of aliphatic hydroxyl groups is 1. The molecule has 0 aromatic carbocycles. The molecule has 0 radical (unpaired) electrons. The molecule has 0 unspecified atom stereocenters. The van der Waals surface area contributed by atoms with E-state index in [-0.39, 0.29) is 17.0 Å². The highest BCUT2D eigenvalue weighted by Crippen LogP contribution is 2.73. The van der Waals surface area contributed by atoms with Gasteiger partial charge in [-0.15, -0.1) is 0 Å². The van der Waals surface area contributed by atoms with Crippen LogP contribution in [0, 0.1) is 34.0 Å². The molecule has 1 N–H and O–H groups in total. The van der Waals surface area contributed by atoms with Gasteiger partial charge < -0.3 is 9.84 Å². The van der Waals surface area contributed by atoms with Gasteiger partial charge in [-0.2, -0.15) is 0 Å². The molecule has 5 fully saturated rings. The first-order valence-corrected chi connectivity index (χ1v) is 10.5. The summed E-state index contributed by atoms with van der Waals surface area (Å²) in [5, 5.41) is 10.2. The van der Waals surface area contributed by atoms with Crippen LogP contribution in [-0.2, 0) is 9.53 Å². The lowest BCUT2D eigenvalue weighted by Gasteiger charge is -2.70. The fourth-order valence-corrected chi connectivity index (χ4v) is 8.44. The van der Waals surface area contributed by atoms with Gasteiger partial charge in [-0.25, -0.2) is 0 Å². The standard InChI is InChI=1S/C22H36O3/c1-15(24)25-21(4)13-22-10-6-16(21)12-18(22)20(3)9-5-8-19(2,14-23)17(20)7-11-22/h16-18,23H,5-14H2,1-4H3/t16-,17+,18-,19+,20+,21-,22+/m0/s1. The zero-order chi connectivity index (χ0) is 18.1. The number of hydrogen-bond donors (Lipinski definition) is 1. The summed E-state index contributed by atoms with van der Waals surface area (Å²) in [5.41, 5.74) is 0.561. The number of carbonyl (C=O) groups is 1. The molecule has 5 aliphatic carbocycles. The van der Waals surface area contributed by atoms with Gasteiger partial charge >= 0.3 is 5.97 Å². The first-order valence-electron chi connectivity index (χ1n) is 10.5. The Kier molecular flexibility index (Phi) is 3.90. The van der Waals surface area contributed by atoms with E-state index in [0.717, 1.165) is 12.3 Å². The summed E-state index contributed by atoms with van der Waals surface area (Å²) >= 11 is 0. The van der Waals surface area contributed by atoms with Crippen LogP contribution < -0.4 is 0 Å². The number of carbonyl (C=O) groups excluding carboxylic acids is 1. The van der Waals surface area contributed by atoms with Gasteiger partial charge in [0.05, 0.1) is 0 Å². The molecule has 0 aromatic heterocycles. The van der Waals surface area contributed by atoms with Gasteiger partial charge in [0.25, 0.3) is 0 Å². The molecule has 5 saturated carbocycles. The van der Waals surface area contributed by atoms with E-state index in [2.05, 4.69) is 20.8 Å². The number of hydrogen-bond acceptors (Lipinski definition) is 3. The van der Waals surface area contributed by atoms with Crippen molar-refractivity contribution in [1.29, 1.82) is 0 Å². The molecule has 0 aromatic rings. The first kappa shape index (κ1) is 17.8. The largest absolute Gasteiger partial charge is 0.459 e. The fourth-order valence-electron chi connectivity index (χ4n) is 8.44. The van der Waals surface area contributed by atoms with E-state index in [0.29, 0.717) is 29.3 Å².